The summed E-state index contributed by atoms with van der Waals surface area (Å²) in [4.78, 5) is 0. The van der Waals surface area contributed by atoms with Gasteiger partial charge in [-0.2, -0.15) is 0 Å². The van der Waals surface area contributed by atoms with Crippen LogP contribution >= 0.6 is 20.8 Å². The molecule has 31 heavy (non-hydrogen) atoms. The molecule has 0 aromatic heterocycles. The quantitative estimate of drug-likeness (QED) is 0.627. The van der Waals surface area contributed by atoms with Gasteiger partial charge in [0.25, 0.3) is 0 Å². The molecule has 2 aliphatic rings. The third-order valence-electron chi connectivity index (χ3n) is 5.61. The molecule has 3 unspecified atom stereocenters. The minimum Gasteiger partial charge on any atom is -0.494 e. The highest BCUT2D eigenvalue weighted by Crippen LogP contribution is 2.42. The van der Waals surface area contributed by atoms with Gasteiger partial charge in [-0.05, 0) is 55.7 Å². The maximum atomic E-state index is 11.0. The van der Waals surface area contributed by atoms with E-state index in [1.165, 1.54) is 0 Å². The first kappa shape index (κ1) is 22.9. The van der Waals surface area contributed by atoms with Gasteiger partial charge in [0.15, 0.2) is 12.1 Å². The molecule has 2 saturated heterocycles. The van der Waals surface area contributed by atoms with E-state index in [1.807, 2.05) is 37.3 Å². The molecular formula is C23H28ClO6P. The van der Waals surface area contributed by atoms with Gasteiger partial charge in [0.1, 0.15) is 30.2 Å². The standard InChI is InChI=1S/C23H28ClO6P/c1-4-27-14-8-5-12(6-9-14)21(31)15-11-13(7-10-16(15)24)17(25)19-18(26)20-22(28-19)30-23(2,3)29-20/h5-11,17-22,25-26H,4,31H2,1-3H3/t17?,18-,19+,20+,21?,22+/m1/s1. The van der Waals surface area contributed by atoms with Gasteiger partial charge in [-0.3, -0.25) is 0 Å². The Morgan fingerprint density at radius 3 is 2.45 bits per heavy atom. The number of aliphatic hydroxyl groups is 2. The normalized spacial score (nSPS) is 28.9. The van der Waals surface area contributed by atoms with Crippen LogP contribution in [0.2, 0.25) is 5.02 Å². The van der Waals surface area contributed by atoms with Crippen LogP contribution in [0.4, 0.5) is 0 Å². The average Bonchev–Trinajstić information content (AvgIpc) is 3.20. The zero-order valence-electron chi connectivity index (χ0n) is 17.7. The van der Waals surface area contributed by atoms with Crippen LogP contribution < -0.4 is 4.74 Å². The van der Waals surface area contributed by atoms with Crippen molar-refractivity contribution in [2.75, 3.05) is 6.61 Å². The zero-order chi connectivity index (χ0) is 22.3. The van der Waals surface area contributed by atoms with Gasteiger partial charge in [0, 0.05) is 10.7 Å². The van der Waals surface area contributed by atoms with E-state index in [1.54, 1.807) is 26.0 Å². The molecule has 0 radical (unpaired) electrons. The van der Waals surface area contributed by atoms with Gasteiger partial charge < -0.3 is 29.2 Å². The maximum Gasteiger partial charge on any atom is 0.190 e. The van der Waals surface area contributed by atoms with Gasteiger partial charge in [-0.25, -0.2) is 0 Å². The van der Waals surface area contributed by atoms with E-state index < -0.39 is 36.5 Å². The van der Waals surface area contributed by atoms with E-state index in [0.717, 1.165) is 16.9 Å². The molecule has 0 bridgehead atoms. The van der Waals surface area contributed by atoms with Gasteiger partial charge in [0.2, 0.25) is 0 Å². The summed E-state index contributed by atoms with van der Waals surface area (Å²) < 4.78 is 22.7. The molecule has 2 aromatic carbocycles. The molecule has 7 atom stereocenters. The first-order valence-electron chi connectivity index (χ1n) is 10.3. The van der Waals surface area contributed by atoms with Crippen molar-refractivity contribution in [3.05, 3.63) is 64.2 Å². The molecule has 6 nitrogen and oxygen atoms in total. The van der Waals surface area contributed by atoms with Gasteiger partial charge >= 0.3 is 0 Å². The van der Waals surface area contributed by atoms with Crippen LogP contribution in [0.3, 0.4) is 0 Å². The lowest BCUT2D eigenvalue weighted by atomic mass is 9.95. The Hall–Kier alpha value is -1.24. The highest BCUT2D eigenvalue weighted by Gasteiger charge is 2.56. The predicted molar refractivity (Wildman–Crippen MR) is 120 cm³/mol. The van der Waals surface area contributed by atoms with Crippen LogP contribution in [0, 0.1) is 0 Å². The van der Waals surface area contributed by atoms with Crippen molar-refractivity contribution in [3.63, 3.8) is 0 Å². The predicted octanol–water partition coefficient (Wildman–Crippen LogP) is 3.97. The summed E-state index contributed by atoms with van der Waals surface area (Å²) in [6.45, 7) is 6.08. The fraction of sp³-hybridized carbons (Fsp3) is 0.478. The molecular weight excluding hydrogens is 439 g/mol. The molecule has 2 N–H and O–H groups in total. The lowest BCUT2D eigenvalue weighted by Gasteiger charge is -2.26. The highest BCUT2D eigenvalue weighted by atomic mass is 35.5. The Balaban J connectivity index is 1.54. The van der Waals surface area contributed by atoms with Crippen molar-refractivity contribution in [2.45, 2.75) is 62.9 Å². The molecule has 0 saturated carbocycles. The maximum absolute atomic E-state index is 11.0. The lowest BCUT2D eigenvalue weighted by Crippen LogP contribution is -2.37. The summed E-state index contributed by atoms with van der Waals surface area (Å²) in [5.74, 6) is -0.0198. The van der Waals surface area contributed by atoms with Crippen molar-refractivity contribution < 1.29 is 29.2 Å². The van der Waals surface area contributed by atoms with Crippen molar-refractivity contribution in [1.29, 1.82) is 0 Å². The second kappa shape index (κ2) is 8.95. The fourth-order valence-electron chi connectivity index (χ4n) is 4.07. The monoisotopic (exact) mass is 466 g/mol. The Morgan fingerprint density at radius 1 is 1.13 bits per heavy atom. The van der Waals surface area contributed by atoms with Crippen LogP contribution in [-0.2, 0) is 14.2 Å². The Morgan fingerprint density at radius 2 is 1.81 bits per heavy atom. The highest BCUT2D eigenvalue weighted by molar-refractivity contribution is 7.17. The number of hydrogen-bond acceptors (Lipinski definition) is 6. The Labute approximate surface area is 189 Å². The SMILES string of the molecule is CCOc1ccc(C(P)c2cc(C(O)[C@@H]3O[C@H]4OC(C)(C)O[C@H]4[C@@H]3O)ccc2Cl)cc1. The number of rotatable bonds is 6. The Bertz CT molecular complexity index is 921. The van der Waals surface area contributed by atoms with Gasteiger partial charge in [0.05, 0.1) is 6.61 Å². The molecule has 2 heterocycles. The molecule has 4 rings (SSSR count). The van der Waals surface area contributed by atoms with Crippen molar-refractivity contribution in [2.24, 2.45) is 0 Å². The summed E-state index contributed by atoms with van der Waals surface area (Å²) in [5.41, 5.74) is 2.39. The van der Waals surface area contributed by atoms with E-state index in [9.17, 15) is 10.2 Å². The number of fused-ring (bicyclic) bond motifs is 1. The van der Waals surface area contributed by atoms with E-state index >= 15 is 0 Å². The van der Waals surface area contributed by atoms with Crippen molar-refractivity contribution in [3.8, 4) is 5.75 Å². The fourth-order valence-corrected chi connectivity index (χ4v) is 4.91. The molecule has 2 aromatic rings. The Kier molecular flexibility index (Phi) is 6.62. The first-order valence-corrected chi connectivity index (χ1v) is 11.4. The molecule has 168 valence electrons. The molecule has 0 aliphatic carbocycles. The van der Waals surface area contributed by atoms with Gasteiger partial charge in [-0.1, -0.05) is 35.9 Å². The molecule has 2 fully saturated rings. The van der Waals surface area contributed by atoms with Crippen LogP contribution in [0.5, 0.6) is 5.75 Å². The smallest absolute Gasteiger partial charge is 0.190 e. The third-order valence-corrected chi connectivity index (χ3v) is 6.70. The van der Waals surface area contributed by atoms with E-state index in [2.05, 4.69) is 9.24 Å². The molecule has 0 spiro atoms. The number of hydrogen-bond donors (Lipinski definition) is 2. The average molecular weight is 467 g/mol. The lowest BCUT2D eigenvalue weighted by molar-refractivity contribution is -0.226. The summed E-state index contributed by atoms with van der Waals surface area (Å²) in [6, 6.07) is 13.2. The topological polar surface area (TPSA) is 77.4 Å². The number of aliphatic hydroxyl groups excluding tert-OH is 2. The first-order chi connectivity index (χ1) is 14.7. The molecule has 8 heteroatoms. The van der Waals surface area contributed by atoms with Crippen molar-refractivity contribution >= 4 is 20.8 Å². The van der Waals surface area contributed by atoms with E-state index in [0.29, 0.717) is 17.2 Å². The van der Waals surface area contributed by atoms with Crippen molar-refractivity contribution in [1.82, 2.24) is 0 Å². The summed E-state index contributed by atoms with van der Waals surface area (Å²) in [5, 5.41) is 22.2. The van der Waals surface area contributed by atoms with Crippen LogP contribution in [0.25, 0.3) is 0 Å². The molecule has 2 aliphatic heterocycles. The van der Waals surface area contributed by atoms with E-state index in [-0.39, 0.29) is 5.66 Å². The minimum atomic E-state index is -1.07. The largest absolute Gasteiger partial charge is 0.494 e. The van der Waals surface area contributed by atoms with Gasteiger partial charge in [-0.15, -0.1) is 9.24 Å². The van der Waals surface area contributed by atoms with Crippen LogP contribution in [0.1, 0.15) is 49.2 Å². The number of benzene rings is 2. The summed E-state index contributed by atoms with van der Waals surface area (Å²) in [7, 11) is 2.79. The van der Waals surface area contributed by atoms with Crippen LogP contribution in [-0.4, -0.2) is 47.2 Å². The van der Waals surface area contributed by atoms with Crippen LogP contribution in [0.15, 0.2) is 42.5 Å². The minimum absolute atomic E-state index is 0.0865. The molecule has 0 amide bonds. The number of ether oxygens (including phenoxy) is 4. The number of halogens is 1. The third kappa shape index (κ3) is 4.62. The summed E-state index contributed by atoms with van der Waals surface area (Å²) in [6.07, 6.45) is -4.30. The second-order valence-electron chi connectivity index (χ2n) is 8.27. The second-order valence-corrected chi connectivity index (χ2v) is 9.34. The zero-order valence-corrected chi connectivity index (χ0v) is 19.6. The summed E-state index contributed by atoms with van der Waals surface area (Å²) >= 11 is 6.48. The van der Waals surface area contributed by atoms with E-state index in [4.69, 9.17) is 30.5 Å².